The van der Waals surface area contributed by atoms with Gasteiger partial charge in [0.25, 0.3) is 0 Å². The van der Waals surface area contributed by atoms with Gasteiger partial charge >= 0.3 is 7.82 Å². The summed E-state index contributed by atoms with van der Waals surface area (Å²) in [6.45, 7) is 4.83. The fourth-order valence-electron chi connectivity index (χ4n) is 8.80. The number of carbonyl (C=O) groups excluding carboxylic acids is 1. The third-order valence-corrected chi connectivity index (χ3v) is 14.4. The number of allylic oxidation sites excluding steroid dienone is 3. The molecule has 1 amide bonds. The van der Waals surface area contributed by atoms with Gasteiger partial charge in [-0.25, -0.2) is 4.57 Å². The molecule has 0 aromatic carbocycles. The molecule has 3 atom stereocenters. The number of nitrogens with one attached hydrogen (secondary N) is 1. The second kappa shape index (κ2) is 49.9. The van der Waals surface area contributed by atoms with Crippen LogP contribution in [0.5, 0.6) is 0 Å². The van der Waals surface area contributed by atoms with Crippen molar-refractivity contribution >= 4 is 13.7 Å². The molecular weight excluding hydrogens is 852 g/mol. The number of phosphoric ester groups is 1. The van der Waals surface area contributed by atoms with E-state index in [-0.39, 0.29) is 19.1 Å². The molecule has 3 unspecified atom stereocenters. The maximum atomic E-state index is 12.9. The molecule has 0 heterocycles. The van der Waals surface area contributed by atoms with Crippen molar-refractivity contribution in [2.45, 2.75) is 302 Å². The zero-order chi connectivity index (χ0) is 49.2. The van der Waals surface area contributed by atoms with Crippen molar-refractivity contribution in [2.24, 2.45) is 0 Å². The molecule has 0 aliphatic heterocycles. The summed E-state index contributed by atoms with van der Waals surface area (Å²) in [5.41, 5.74) is 0. The van der Waals surface area contributed by atoms with Gasteiger partial charge in [0.2, 0.25) is 5.91 Å². The third kappa shape index (κ3) is 52.6. The Balaban J connectivity index is 3.95. The van der Waals surface area contributed by atoms with Gasteiger partial charge in [-0.1, -0.05) is 263 Å². The first-order chi connectivity index (χ1) is 32.5. The number of carbonyl (C=O) groups is 1. The molecule has 0 saturated carbocycles. The number of amides is 1. The van der Waals surface area contributed by atoms with E-state index in [4.69, 9.17) is 9.05 Å². The first kappa shape index (κ1) is 66.0. The lowest BCUT2D eigenvalue weighted by Crippen LogP contribution is -2.45. The minimum absolute atomic E-state index is 0.0639. The number of aliphatic hydroxyl groups excluding tert-OH is 1. The Morgan fingerprint density at radius 2 is 0.806 bits per heavy atom. The lowest BCUT2D eigenvalue weighted by Gasteiger charge is -2.25. The van der Waals surface area contributed by atoms with Gasteiger partial charge in [0.05, 0.1) is 39.9 Å². The number of phosphoric acid groups is 1. The minimum Gasteiger partial charge on any atom is -0.387 e. The first-order valence-electron chi connectivity index (χ1n) is 29.2. The van der Waals surface area contributed by atoms with Crippen LogP contribution in [0.15, 0.2) is 24.3 Å². The number of nitrogens with zero attached hydrogens (tertiary/aromatic N) is 1. The number of rotatable bonds is 54. The predicted molar refractivity (Wildman–Crippen MR) is 291 cm³/mol. The van der Waals surface area contributed by atoms with Crippen LogP contribution in [0.3, 0.4) is 0 Å². The second-order valence-electron chi connectivity index (χ2n) is 21.4. The summed E-state index contributed by atoms with van der Waals surface area (Å²) in [5.74, 6) is -0.173. The van der Waals surface area contributed by atoms with Crippen molar-refractivity contribution in [3.05, 3.63) is 24.3 Å². The molecule has 0 aliphatic rings. The van der Waals surface area contributed by atoms with Crippen molar-refractivity contribution < 1.29 is 32.9 Å². The first-order valence-corrected chi connectivity index (χ1v) is 30.7. The van der Waals surface area contributed by atoms with Gasteiger partial charge < -0.3 is 19.8 Å². The van der Waals surface area contributed by atoms with Crippen molar-refractivity contribution in [3.63, 3.8) is 0 Å². The lowest BCUT2D eigenvalue weighted by atomic mass is 10.0. The highest BCUT2D eigenvalue weighted by atomic mass is 31.2. The highest BCUT2D eigenvalue weighted by Gasteiger charge is 2.27. The highest BCUT2D eigenvalue weighted by Crippen LogP contribution is 2.43. The van der Waals surface area contributed by atoms with Crippen LogP contribution in [-0.2, 0) is 18.4 Å². The molecule has 67 heavy (non-hydrogen) atoms. The Hall–Kier alpha value is -1.02. The maximum absolute atomic E-state index is 12.9. The molecule has 398 valence electrons. The van der Waals surface area contributed by atoms with Gasteiger partial charge in [0.1, 0.15) is 13.2 Å². The van der Waals surface area contributed by atoms with Crippen LogP contribution >= 0.6 is 7.82 Å². The van der Waals surface area contributed by atoms with Gasteiger partial charge in [-0.05, 0) is 44.9 Å². The topological polar surface area (TPSA) is 105 Å². The molecule has 0 aromatic heterocycles. The molecule has 0 bridgehead atoms. The average Bonchev–Trinajstić information content (AvgIpc) is 3.29. The monoisotopic (exact) mass is 968 g/mol. The van der Waals surface area contributed by atoms with Crippen molar-refractivity contribution in [1.29, 1.82) is 0 Å². The summed E-state index contributed by atoms with van der Waals surface area (Å²) in [6, 6.07) is -0.842. The van der Waals surface area contributed by atoms with Crippen molar-refractivity contribution in [1.82, 2.24) is 5.32 Å². The van der Waals surface area contributed by atoms with E-state index in [0.717, 1.165) is 38.5 Å². The molecule has 9 heteroatoms. The summed E-state index contributed by atoms with van der Waals surface area (Å²) in [4.78, 5) is 23.2. The number of likely N-dealkylation sites (N-methyl/N-ethyl adjacent to an activating group) is 1. The third-order valence-electron chi connectivity index (χ3n) is 13.4. The quantitative estimate of drug-likeness (QED) is 0.0243. The van der Waals surface area contributed by atoms with Gasteiger partial charge in [-0.15, -0.1) is 0 Å². The molecule has 8 nitrogen and oxygen atoms in total. The van der Waals surface area contributed by atoms with E-state index in [0.29, 0.717) is 17.4 Å². The van der Waals surface area contributed by atoms with Crippen molar-refractivity contribution in [2.75, 3.05) is 40.9 Å². The van der Waals surface area contributed by atoms with Gasteiger partial charge in [-0.2, -0.15) is 0 Å². The molecule has 3 N–H and O–H groups in total. The van der Waals surface area contributed by atoms with E-state index < -0.39 is 20.0 Å². The van der Waals surface area contributed by atoms with E-state index in [2.05, 4.69) is 31.3 Å². The largest absolute Gasteiger partial charge is 0.472 e. The SMILES string of the molecule is CCCCCCCCCC/C=C\CCCCCCCCCCCCCCCCCCCCCCCC(=O)NC(COP(=O)(O)OCC[N+](C)(C)C)C(O)/C=C/CCCCCCCCCCCC. The summed E-state index contributed by atoms with van der Waals surface area (Å²) < 4.78 is 23.6. The predicted octanol–water partition coefficient (Wildman–Crippen LogP) is 17.6. The van der Waals surface area contributed by atoms with E-state index >= 15 is 0 Å². The van der Waals surface area contributed by atoms with Gasteiger partial charge in [0, 0.05) is 6.42 Å². The molecule has 0 saturated heterocycles. The Morgan fingerprint density at radius 1 is 0.493 bits per heavy atom. The number of quaternary nitrogens is 1. The van der Waals surface area contributed by atoms with Crippen LogP contribution in [0.2, 0.25) is 0 Å². The van der Waals surface area contributed by atoms with Crippen LogP contribution < -0.4 is 5.32 Å². The summed E-state index contributed by atoms with van der Waals surface area (Å²) in [7, 11) is 1.58. The van der Waals surface area contributed by atoms with Gasteiger partial charge in [-0.3, -0.25) is 13.8 Å². The van der Waals surface area contributed by atoms with Crippen LogP contribution in [0.4, 0.5) is 0 Å². The number of hydrogen-bond donors (Lipinski definition) is 3. The standard InChI is InChI=1S/C58H115N2O6P/c1-6-8-10-12-14-16-18-20-21-22-23-24-25-26-27-28-29-30-31-32-33-34-35-36-37-38-39-40-42-44-46-48-50-52-58(62)59-56(55-66-67(63,64)65-54-53-60(3,4)5)57(61)51-49-47-45-43-41-19-17-15-13-11-9-7-2/h22-23,49,51,56-57,61H,6-21,24-48,50,52-55H2,1-5H3,(H-,59,62,63,64)/p+1/b23-22-,51-49+. The number of unbranched alkanes of at least 4 members (excludes halogenated alkanes) is 39. The highest BCUT2D eigenvalue weighted by molar-refractivity contribution is 7.47. The molecule has 0 fully saturated rings. The zero-order valence-corrected chi connectivity index (χ0v) is 46.3. The fourth-order valence-corrected chi connectivity index (χ4v) is 9.54. The van der Waals surface area contributed by atoms with E-state index in [9.17, 15) is 19.4 Å². The van der Waals surface area contributed by atoms with E-state index in [1.165, 1.54) is 231 Å². The molecular formula is C58H116N2O6P+. The Bertz CT molecular complexity index is 1140. The lowest BCUT2D eigenvalue weighted by molar-refractivity contribution is -0.870. The Labute approximate surface area is 417 Å². The van der Waals surface area contributed by atoms with Gasteiger partial charge in [0.15, 0.2) is 0 Å². The number of hydrogen-bond acceptors (Lipinski definition) is 5. The summed E-state index contributed by atoms with van der Waals surface area (Å²) >= 11 is 0. The minimum atomic E-state index is -4.34. The molecule has 0 spiro atoms. The zero-order valence-electron chi connectivity index (χ0n) is 45.4. The van der Waals surface area contributed by atoms with E-state index in [1.54, 1.807) is 6.08 Å². The van der Waals surface area contributed by atoms with Crippen molar-refractivity contribution in [3.8, 4) is 0 Å². The van der Waals surface area contributed by atoms with Crippen LogP contribution in [0.1, 0.15) is 290 Å². The van der Waals surface area contributed by atoms with Crippen LogP contribution in [0.25, 0.3) is 0 Å². The average molecular weight is 969 g/mol. The fraction of sp³-hybridized carbons (Fsp3) is 0.914. The van der Waals surface area contributed by atoms with E-state index in [1.807, 2.05) is 27.2 Å². The molecule has 0 aliphatic carbocycles. The number of aliphatic hydroxyl groups is 1. The molecule has 0 rings (SSSR count). The summed E-state index contributed by atoms with van der Waals surface area (Å²) in [6.07, 6.45) is 63.0. The summed E-state index contributed by atoms with van der Waals surface area (Å²) in [5, 5.41) is 13.9. The second-order valence-corrected chi connectivity index (χ2v) is 22.8. The molecule has 0 aromatic rings. The maximum Gasteiger partial charge on any atom is 0.472 e. The molecule has 0 radical (unpaired) electrons. The van der Waals surface area contributed by atoms with Crippen LogP contribution in [0, 0.1) is 0 Å². The normalized spacial score (nSPS) is 14.1. The Morgan fingerprint density at radius 3 is 1.15 bits per heavy atom. The Kier molecular flexibility index (Phi) is 49.2. The smallest absolute Gasteiger partial charge is 0.387 e. The van der Waals surface area contributed by atoms with Crippen LogP contribution in [-0.4, -0.2) is 73.4 Å².